The van der Waals surface area contributed by atoms with Crippen molar-refractivity contribution in [1.29, 1.82) is 0 Å². The number of ether oxygens (including phenoxy) is 2. The van der Waals surface area contributed by atoms with Crippen molar-refractivity contribution in [3.8, 4) is 5.75 Å². The van der Waals surface area contributed by atoms with E-state index in [1.165, 1.54) is 44.2 Å². The molecule has 2 saturated heterocycles. The Morgan fingerprint density at radius 1 is 1.21 bits per heavy atom. The van der Waals surface area contributed by atoms with Gasteiger partial charge in [0.2, 0.25) is 0 Å². The summed E-state index contributed by atoms with van der Waals surface area (Å²) in [6.07, 6.45) is 7.79. The second kappa shape index (κ2) is 6.01. The zero-order valence-electron chi connectivity index (χ0n) is 14.4. The summed E-state index contributed by atoms with van der Waals surface area (Å²) in [5, 5.41) is 3.82. The molecule has 5 rings (SSSR count). The maximum atomic E-state index is 6.35. The molecule has 3 heterocycles. The summed E-state index contributed by atoms with van der Waals surface area (Å²) < 4.78 is 12.5. The Balaban J connectivity index is 1.26. The number of nitrogens with one attached hydrogen (secondary N) is 1. The van der Waals surface area contributed by atoms with Crippen molar-refractivity contribution in [2.75, 3.05) is 26.2 Å². The lowest BCUT2D eigenvalue weighted by molar-refractivity contribution is -0.0561. The molecule has 1 aromatic rings. The largest absolute Gasteiger partial charge is 0.487 e. The predicted octanol–water partition coefficient (Wildman–Crippen LogP) is 2.89. The molecular formula is C20H28N2O2. The third-order valence-electron chi connectivity index (χ3n) is 6.52. The Hall–Kier alpha value is -1.10. The molecule has 4 heteroatoms. The van der Waals surface area contributed by atoms with Gasteiger partial charge in [0.1, 0.15) is 11.4 Å². The fourth-order valence-corrected chi connectivity index (χ4v) is 4.96. The number of morpholine rings is 1. The summed E-state index contributed by atoms with van der Waals surface area (Å²) in [7, 11) is 0. The Labute approximate surface area is 144 Å². The lowest BCUT2D eigenvalue weighted by atomic mass is 9.73. The lowest BCUT2D eigenvalue weighted by Gasteiger charge is -2.48. The zero-order valence-corrected chi connectivity index (χ0v) is 14.4. The van der Waals surface area contributed by atoms with Crippen molar-refractivity contribution >= 4 is 0 Å². The third-order valence-corrected chi connectivity index (χ3v) is 6.52. The van der Waals surface area contributed by atoms with E-state index in [1.807, 2.05) is 0 Å². The first kappa shape index (κ1) is 15.2. The Kier molecular flexibility index (Phi) is 3.80. The minimum atomic E-state index is 0.0967. The van der Waals surface area contributed by atoms with Gasteiger partial charge in [0.25, 0.3) is 0 Å². The molecule has 1 saturated carbocycles. The summed E-state index contributed by atoms with van der Waals surface area (Å²) in [4.78, 5) is 2.63. The van der Waals surface area contributed by atoms with Crippen LogP contribution >= 0.6 is 0 Å². The maximum Gasteiger partial charge on any atom is 0.124 e. The topological polar surface area (TPSA) is 33.7 Å². The zero-order chi connectivity index (χ0) is 16.0. The van der Waals surface area contributed by atoms with Gasteiger partial charge >= 0.3 is 0 Å². The van der Waals surface area contributed by atoms with Crippen LogP contribution in [0.4, 0.5) is 0 Å². The van der Waals surface area contributed by atoms with Crippen molar-refractivity contribution in [3.63, 3.8) is 0 Å². The number of rotatable bonds is 3. The lowest BCUT2D eigenvalue weighted by Crippen LogP contribution is -2.52. The van der Waals surface area contributed by atoms with Gasteiger partial charge in [-0.3, -0.25) is 4.90 Å². The first-order valence-corrected chi connectivity index (χ1v) is 9.68. The van der Waals surface area contributed by atoms with Crippen LogP contribution < -0.4 is 10.1 Å². The Morgan fingerprint density at radius 2 is 2.12 bits per heavy atom. The molecule has 1 N–H and O–H groups in total. The molecular weight excluding hydrogens is 300 g/mol. The number of hydrogen-bond donors (Lipinski definition) is 1. The molecule has 4 nitrogen and oxygen atoms in total. The minimum absolute atomic E-state index is 0.0967. The van der Waals surface area contributed by atoms with Crippen LogP contribution in [0.5, 0.6) is 5.75 Å². The average Bonchev–Trinajstić information content (AvgIpc) is 3.05. The highest BCUT2D eigenvalue weighted by Crippen LogP contribution is 2.48. The monoisotopic (exact) mass is 328 g/mol. The summed E-state index contributed by atoms with van der Waals surface area (Å²) in [6.45, 7) is 4.21. The molecule has 3 fully saturated rings. The van der Waals surface area contributed by atoms with Crippen molar-refractivity contribution < 1.29 is 9.47 Å². The van der Waals surface area contributed by atoms with Gasteiger partial charge in [0.15, 0.2) is 0 Å². The highest BCUT2D eigenvalue weighted by Gasteiger charge is 2.45. The van der Waals surface area contributed by atoms with E-state index in [4.69, 9.17) is 9.47 Å². The molecule has 1 aliphatic carbocycles. The molecule has 0 bridgehead atoms. The first-order valence-electron chi connectivity index (χ1n) is 9.68. The van der Waals surface area contributed by atoms with E-state index in [2.05, 4.69) is 34.5 Å². The number of nitrogens with zero attached hydrogens (tertiary/aromatic N) is 1. The van der Waals surface area contributed by atoms with Crippen molar-refractivity contribution in [3.05, 3.63) is 29.8 Å². The molecule has 4 aliphatic rings. The Bertz CT molecular complexity index is 601. The maximum absolute atomic E-state index is 6.35. The van der Waals surface area contributed by atoms with E-state index >= 15 is 0 Å². The average molecular weight is 328 g/mol. The SMILES string of the molecule is c1ccc2c(c1)OC1(CCC1)C[C@@H]2NC[C@@H]1CN2CCC[C@H]2CO1. The molecule has 24 heavy (non-hydrogen) atoms. The quantitative estimate of drug-likeness (QED) is 0.925. The normalized spacial score (nSPS) is 34.2. The smallest absolute Gasteiger partial charge is 0.124 e. The molecule has 1 aromatic carbocycles. The molecule has 3 aliphatic heterocycles. The van der Waals surface area contributed by atoms with Crippen LogP contribution in [0.1, 0.15) is 50.1 Å². The van der Waals surface area contributed by atoms with Crippen LogP contribution in [0.15, 0.2) is 24.3 Å². The van der Waals surface area contributed by atoms with Crippen LogP contribution in [-0.4, -0.2) is 48.9 Å². The summed E-state index contributed by atoms with van der Waals surface area (Å²) >= 11 is 0. The summed E-state index contributed by atoms with van der Waals surface area (Å²) in [5.74, 6) is 1.09. The van der Waals surface area contributed by atoms with Gasteiger partial charge in [-0.25, -0.2) is 0 Å². The van der Waals surface area contributed by atoms with Gasteiger partial charge < -0.3 is 14.8 Å². The number of para-hydroxylation sites is 1. The van der Waals surface area contributed by atoms with Gasteiger partial charge in [0, 0.05) is 37.2 Å². The van der Waals surface area contributed by atoms with Crippen LogP contribution in [-0.2, 0) is 4.74 Å². The van der Waals surface area contributed by atoms with Gasteiger partial charge in [-0.2, -0.15) is 0 Å². The van der Waals surface area contributed by atoms with Gasteiger partial charge in [0.05, 0.1) is 12.7 Å². The van der Waals surface area contributed by atoms with Crippen LogP contribution in [0.3, 0.4) is 0 Å². The van der Waals surface area contributed by atoms with Crippen molar-refractivity contribution in [1.82, 2.24) is 10.2 Å². The minimum Gasteiger partial charge on any atom is -0.487 e. The van der Waals surface area contributed by atoms with Gasteiger partial charge in [-0.15, -0.1) is 0 Å². The van der Waals surface area contributed by atoms with Crippen LogP contribution in [0.2, 0.25) is 0 Å². The van der Waals surface area contributed by atoms with Crippen molar-refractivity contribution in [2.45, 2.75) is 62.3 Å². The van der Waals surface area contributed by atoms with Crippen LogP contribution in [0.25, 0.3) is 0 Å². The standard InChI is InChI=1S/C20H28N2O2/c1-2-7-19-17(6-1)18(11-20(24-19)8-4-9-20)21-12-16-13-22-10-3-5-15(22)14-23-16/h1-2,6-7,15-16,18,21H,3-5,8-14H2/t15-,16+,18-/m0/s1. The fraction of sp³-hybridized carbons (Fsp3) is 0.700. The van der Waals surface area contributed by atoms with E-state index in [0.29, 0.717) is 18.2 Å². The molecule has 3 atom stereocenters. The van der Waals surface area contributed by atoms with E-state index in [0.717, 1.165) is 31.9 Å². The highest BCUT2D eigenvalue weighted by atomic mass is 16.5. The first-order chi connectivity index (χ1) is 11.8. The Morgan fingerprint density at radius 3 is 3.00 bits per heavy atom. The van der Waals surface area contributed by atoms with Crippen LogP contribution in [0, 0.1) is 0 Å². The van der Waals surface area contributed by atoms with Crippen molar-refractivity contribution in [2.24, 2.45) is 0 Å². The molecule has 130 valence electrons. The summed E-state index contributed by atoms with van der Waals surface area (Å²) in [6, 6.07) is 9.65. The second-order valence-corrected chi connectivity index (χ2v) is 8.09. The molecule has 0 aromatic heterocycles. The van der Waals surface area contributed by atoms with Gasteiger partial charge in [-0.1, -0.05) is 18.2 Å². The van der Waals surface area contributed by atoms with E-state index in [9.17, 15) is 0 Å². The van der Waals surface area contributed by atoms with E-state index < -0.39 is 0 Å². The van der Waals surface area contributed by atoms with E-state index in [-0.39, 0.29) is 5.60 Å². The van der Waals surface area contributed by atoms with E-state index in [1.54, 1.807) is 0 Å². The fourth-order valence-electron chi connectivity index (χ4n) is 4.96. The second-order valence-electron chi connectivity index (χ2n) is 8.09. The number of fused-ring (bicyclic) bond motifs is 2. The predicted molar refractivity (Wildman–Crippen MR) is 93.3 cm³/mol. The molecule has 0 unspecified atom stereocenters. The third kappa shape index (κ3) is 2.65. The molecule has 0 amide bonds. The van der Waals surface area contributed by atoms with Gasteiger partial charge in [-0.05, 0) is 44.7 Å². The molecule has 1 spiro atoms. The number of hydrogen-bond acceptors (Lipinski definition) is 4. The summed E-state index contributed by atoms with van der Waals surface area (Å²) in [5.41, 5.74) is 1.42. The molecule has 0 radical (unpaired) electrons. The number of benzene rings is 1. The highest BCUT2D eigenvalue weighted by molar-refractivity contribution is 5.39.